The van der Waals surface area contributed by atoms with E-state index in [0.717, 1.165) is 0 Å². The van der Waals surface area contributed by atoms with E-state index in [1.54, 1.807) is 0 Å². The average molecular weight is 173 g/mol. The van der Waals surface area contributed by atoms with Gasteiger partial charge in [-0.1, -0.05) is 0 Å². The van der Waals surface area contributed by atoms with E-state index in [9.17, 15) is 0 Å². The van der Waals surface area contributed by atoms with Gasteiger partial charge in [0.15, 0.2) is 0 Å². The van der Waals surface area contributed by atoms with E-state index >= 15 is 0 Å². The molecule has 0 radical (unpaired) electrons. The Kier molecular flexibility index (Phi) is 6.99. The van der Waals surface area contributed by atoms with Gasteiger partial charge in [0.05, 0.1) is 25.2 Å². The molecule has 0 aromatic rings. The van der Waals surface area contributed by atoms with Crippen LogP contribution in [0.25, 0.3) is 0 Å². The molecule has 1 N–H and O–H groups in total. The summed E-state index contributed by atoms with van der Waals surface area (Å²) in [6.07, 6.45) is -0.560. The van der Waals surface area contributed by atoms with Crippen LogP contribution in [0.2, 0.25) is 0 Å². The summed E-state index contributed by atoms with van der Waals surface area (Å²) in [4.78, 5) is 0. The Hall–Kier alpha value is 0.500. The van der Waals surface area contributed by atoms with Crippen LogP contribution in [0.3, 0.4) is 0 Å². The molecule has 4 heteroatoms. The third kappa shape index (κ3) is 6.38. The highest BCUT2D eigenvalue weighted by Crippen LogP contribution is 1.88. The van der Waals surface area contributed by atoms with Gasteiger partial charge in [0.2, 0.25) is 0 Å². The fourth-order valence-electron chi connectivity index (χ4n) is 0.318. The first kappa shape index (κ1) is 9.50. The minimum Gasteiger partial charge on any atom is -0.389 e. The molecule has 9 heavy (non-hydrogen) atoms. The lowest BCUT2D eigenvalue weighted by Gasteiger charge is -2.05. The monoisotopic (exact) mass is 172 g/mol. The lowest BCUT2D eigenvalue weighted by molar-refractivity contribution is 0.0553. The highest BCUT2D eigenvalue weighted by atomic mass is 35.5. The van der Waals surface area contributed by atoms with Crippen LogP contribution in [0.5, 0.6) is 0 Å². The Morgan fingerprint density at radius 3 is 2.56 bits per heavy atom. The summed E-state index contributed by atoms with van der Waals surface area (Å²) in [5.41, 5.74) is 0. The molecule has 1 atom stereocenters. The summed E-state index contributed by atoms with van der Waals surface area (Å²) >= 11 is 10.6. The van der Waals surface area contributed by atoms with Gasteiger partial charge in [0, 0.05) is 5.88 Å². The zero-order valence-corrected chi connectivity index (χ0v) is 6.53. The first-order chi connectivity index (χ1) is 4.31. The van der Waals surface area contributed by atoms with Gasteiger partial charge in [-0.15, -0.1) is 23.2 Å². The molecule has 0 aliphatic heterocycles. The quantitative estimate of drug-likeness (QED) is 0.493. The highest BCUT2D eigenvalue weighted by Gasteiger charge is 1.99. The molecule has 0 aromatic carbocycles. The van der Waals surface area contributed by atoms with Gasteiger partial charge in [-0.05, 0) is 0 Å². The van der Waals surface area contributed by atoms with Gasteiger partial charge in [0.1, 0.15) is 0 Å². The van der Waals surface area contributed by atoms with Crippen LogP contribution in [0.4, 0.5) is 0 Å². The van der Waals surface area contributed by atoms with Crippen molar-refractivity contribution in [2.75, 3.05) is 25.0 Å². The summed E-state index contributed by atoms with van der Waals surface area (Å²) < 4.78 is 4.87. The standard InChI is InChI=1S/C5H10Cl2O2/c6-1-2-9-4-5(8)3-7/h5,8H,1-4H2/t5-/m0/s1. The fourth-order valence-corrected chi connectivity index (χ4v) is 0.517. The van der Waals surface area contributed by atoms with E-state index in [1.807, 2.05) is 0 Å². The van der Waals surface area contributed by atoms with E-state index in [2.05, 4.69) is 0 Å². The molecule has 2 nitrogen and oxygen atoms in total. The molecule has 0 rings (SSSR count). The Morgan fingerprint density at radius 1 is 1.44 bits per heavy atom. The van der Waals surface area contributed by atoms with Crippen LogP contribution in [-0.2, 0) is 4.74 Å². The van der Waals surface area contributed by atoms with Crippen molar-refractivity contribution in [1.82, 2.24) is 0 Å². The molecule has 0 aliphatic rings. The molecule has 0 bridgehead atoms. The zero-order valence-electron chi connectivity index (χ0n) is 5.02. The normalized spacial score (nSPS) is 13.7. The Labute approximate surface area is 64.7 Å². The van der Waals surface area contributed by atoms with Crippen molar-refractivity contribution >= 4 is 23.2 Å². The molecule has 56 valence electrons. The predicted molar refractivity (Wildman–Crippen MR) is 38.3 cm³/mol. The van der Waals surface area contributed by atoms with Crippen molar-refractivity contribution in [3.05, 3.63) is 0 Å². The lowest BCUT2D eigenvalue weighted by atomic mass is 10.4. The summed E-state index contributed by atoms with van der Waals surface area (Å²) in [5, 5.41) is 8.78. The number of halogens is 2. The van der Waals surface area contributed by atoms with E-state index in [4.69, 9.17) is 33.0 Å². The smallest absolute Gasteiger partial charge is 0.0908 e. The molecular formula is C5H10Cl2O2. The van der Waals surface area contributed by atoms with Gasteiger partial charge in [-0.25, -0.2) is 0 Å². The minimum atomic E-state index is -0.560. The van der Waals surface area contributed by atoms with E-state index in [1.165, 1.54) is 0 Å². The van der Waals surface area contributed by atoms with Gasteiger partial charge in [-0.3, -0.25) is 0 Å². The molecule has 0 amide bonds. The molecule has 0 heterocycles. The third-order valence-electron chi connectivity index (χ3n) is 0.710. The van der Waals surface area contributed by atoms with Crippen molar-refractivity contribution in [1.29, 1.82) is 0 Å². The Morgan fingerprint density at radius 2 is 2.11 bits per heavy atom. The first-order valence-corrected chi connectivity index (χ1v) is 3.76. The third-order valence-corrected chi connectivity index (χ3v) is 1.22. The second kappa shape index (κ2) is 6.62. The average Bonchev–Trinajstić information content (AvgIpc) is 1.89. The first-order valence-electron chi connectivity index (χ1n) is 2.69. The maximum atomic E-state index is 8.78. The summed E-state index contributed by atoms with van der Waals surface area (Å²) in [6.45, 7) is 0.742. The van der Waals surface area contributed by atoms with Crippen LogP contribution >= 0.6 is 23.2 Å². The number of ether oxygens (including phenoxy) is 1. The SMILES string of the molecule is O[C@@H](CCl)COCCCl. The molecule has 0 unspecified atom stereocenters. The van der Waals surface area contributed by atoms with Crippen molar-refractivity contribution < 1.29 is 9.84 Å². The Bertz CT molecular complexity index is 60.9. The van der Waals surface area contributed by atoms with Crippen LogP contribution < -0.4 is 0 Å². The molecule has 0 spiro atoms. The van der Waals surface area contributed by atoms with E-state index in [-0.39, 0.29) is 12.5 Å². The predicted octanol–water partition coefficient (Wildman–Crippen LogP) is 0.842. The fraction of sp³-hybridized carbons (Fsp3) is 1.00. The highest BCUT2D eigenvalue weighted by molar-refractivity contribution is 6.18. The topological polar surface area (TPSA) is 29.5 Å². The number of rotatable bonds is 5. The maximum absolute atomic E-state index is 8.78. The summed E-state index contributed by atoms with van der Waals surface area (Å²) in [7, 11) is 0. The number of alkyl halides is 2. The summed E-state index contributed by atoms with van der Waals surface area (Å²) in [5.74, 6) is 0.664. The van der Waals surface area contributed by atoms with Crippen molar-refractivity contribution in [3.63, 3.8) is 0 Å². The number of aliphatic hydroxyl groups excluding tert-OH is 1. The molecule has 0 saturated heterocycles. The Balaban J connectivity index is 2.88. The largest absolute Gasteiger partial charge is 0.389 e. The van der Waals surface area contributed by atoms with Crippen molar-refractivity contribution in [2.45, 2.75) is 6.10 Å². The zero-order chi connectivity index (χ0) is 7.11. The van der Waals surface area contributed by atoms with Crippen molar-refractivity contribution in [2.24, 2.45) is 0 Å². The van der Waals surface area contributed by atoms with Crippen LogP contribution in [0, 0.1) is 0 Å². The van der Waals surface area contributed by atoms with Gasteiger partial charge < -0.3 is 9.84 Å². The molecule has 0 aliphatic carbocycles. The van der Waals surface area contributed by atoms with Gasteiger partial charge in [-0.2, -0.15) is 0 Å². The van der Waals surface area contributed by atoms with Crippen LogP contribution in [0.1, 0.15) is 0 Å². The van der Waals surface area contributed by atoms with Gasteiger partial charge >= 0.3 is 0 Å². The number of hydrogen-bond acceptors (Lipinski definition) is 2. The minimum absolute atomic E-state index is 0.211. The second-order valence-electron chi connectivity index (χ2n) is 1.57. The maximum Gasteiger partial charge on any atom is 0.0908 e. The summed E-state index contributed by atoms with van der Waals surface area (Å²) in [6, 6.07) is 0. The van der Waals surface area contributed by atoms with Crippen molar-refractivity contribution in [3.8, 4) is 0 Å². The molecule has 0 fully saturated rings. The van der Waals surface area contributed by atoms with Crippen LogP contribution in [-0.4, -0.2) is 36.2 Å². The molecular weight excluding hydrogens is 163 g/mol. The van der Waals surface area contributed by atoms with Gasteiger partial charge in [0.25, 0.3) is 0 Å². The number of aliphatic hydroxyl groups is 1. The lowest BCUT2D eigenvalue weighted by Crippen LogP contribution is -2.17. The molecule has 0 saturated carbocycles. The van der Waals surface area contributed by atoms with Crippen LogP contribution in [0.15, 0.2) is 0 Å². The van der Waals surface area contributed by atoms with E-state index in [0.29, 0.717) is 12.5 Å². The second-order valence-corrected chi connectivity index (χ2v) is 2.26. The molecule has 0 aromatic heterocycles. The number of hydrogen-bond donors (Lipinski definition) is 1. The van der Waals surface area contributed by atoms with E-state index < -0.39 is 6.10 Å².